The highest BCUT2D eigenvalue weighted by atomic mass is 35.5. The maximum atomic E-state index is 12.6. The van der Waals surface area contributed by atoms with Crippen LogP contribution in [0.3, 0.4) is 0 Å². The van der Waals surface area contributed by atoms with E-state index in [-0.39, 0.29) is 17.7 Å². The largest absolute Gasteiger partial charge is 0.338 e. The quantitative estimate of drug-likeness (QED) is 0.621. The first-order valence-corrected chi connectivity index (χ1v) is 9.99. The van der Waals surface area contributed by atoms with Gasteiger partial charge in [0.15, 0.2) is 15.7 Å². The van der Waals surface area contributed by atoms with Crippen LogP contribution in [0.4, 0.5) is 0 Å². The van der Waals surface area contributed by atoms with Gasteiger partial charge in [-0.3, -0.25) is 0 Å². The summed E-state index contributed by atoms with van der Waals surface area (Å²) in [7, 11) is -3.67. The van der Waals surface area contributed by atoms with E-state index in [2.05, 4.69) is 20.3 Å². The van der Waals surface area contributed by atoms with Crippen LogP contribution in [0.5, 0.6) is 0 Å². The summed E-state index contributed by atoms with van der Waals surface area (Å²) >= 11 is 5.84. The zero-order chi connectivity index (χ0) is 18.9. The van der Waals surface area contributed by atoms with E-state index >= 15 is 0 Å². The van der Waals surface area contributed by atoms with E-state index in [4.69, 9.17) is 20.6 Å². The molecule has 1 unspecified atom stereocenters. The van der Waals surface area contributed by atoms with Crippen molar-refractivity contribution in [1.82, 2.24) is 20.3 Å². The number of sulfone groups is 1. The van der Waals surface area contributed by atoms with Gasteiger partial charge in [0, 0.05) is 16.5 Å². The lowest BCUT2D eigenvalue weighted by molar-refractivity contribution is 0.367. The fourth-order valence-electron chi connectivity index (χ4n) is 2.13. The normalized spacial score (nSPS) is 13.3. The van der Waals surface area contributed by atoms with Crippen LogP contribution in [-0.4, -0.2) is 28.7 Å². The van der Waals surface area contributed by atoms with Gasteiger partial charge in [0.2, 0.25) is 17.6 Å². The maximum absolute atomic E-state index is 12.6. The predicted octanol–water partition coefficient (Wildman–Crippen LogP) is 3.57. The third kappa shape index (κ3) is 3.94. The Morgan fingerprint density at radius 2 is 1.73 bits per heavy atom. The minimum atomic E-state index is -3.67. The van der Waals surface area contributed by atoms with Crippen molar-refractivity contribution in [2.45, 2.75) is 37.7 Å². The Morgan fingerprint density at radius 3 is 2.35 bits per heavy atom. The molecule has 0 bridgehead atoms. The van der Waals surface area contributed by atoms with Gasteiger partial charge in [-0.1, -0.05) is 35.8 Å². The minimum absolute atomic E-state index is 0.00889. The Labute approximate surface area is 155 Å². The Bertz CT molecular complexity index is 995. The van der Waals surface area contributed by atoms with E-state index in [9.17, 15) is 8.42 Å². The average Bonchev–Trinajstić information content (AvgIpc) is 3.24. The molecule has 8 nitrogen and oxygen atoms in total. The highest BCUT2D eigenvalue weighted by molar-refractivity contribution is 7.90. The molecule has 2 heterocycles. The third-order valence-electron chi connectivity index (χ3n) is 3.76. The van der Waals surface area contributed by atoms with Crippen LogP contribution < -0.4 is 0 Å². The second kappa shape index (κ2) is 7.16. The molecular formula is C16H17ClN4O4S. The highest BCUT2D eigenvalue weighted by Gasteiger charge is 2.30. The van der Waals surface area contributed by atoms with Gasteiger partial charge in [-0.25, -0.2) is 8.42 Å². The van der Waals surface area contributed by atoms with E-state index < -0.39 is 20.8 Å². The summed E-state index contributed by atoms with van der Waals surface area (Å²) in [6.45, 7) is 5.28. The zero-order valence-electron chi connectivity index (χ0n) is 14.4. The predicted molar refractivity (Wildman–Crippen MR) is 94.2 cm³/mol. The molecule has 1 aromatic carbocycles. The molecule has 3 rings (SSSR count). The number of halogens is 1. The molecule has 0 aliphatic heterocycles. The van der Waals surface area contributed by atoms with Crippen molar-refractivity contribution in [3.63, 3.8) is 0 Å². The fourth-order valence-corrected chi connectivity index (χ4v) is 3.37. The van der Waals surface area contributed by atoms with Crippen LogP contribution in [0.2, 0.25) is 5.02 Å². The van der Waals surface area contributed by atoms with E-state index in [1.807, 2.05) is 13.8 Å². The summed E-state index contributed by atoms with van der Waals surface area (Å²) in [5, 5.41) is 7.21. The molecule has 0 spiro atoms. The molecule has 10 heteroatoms. The van der Waals surface area contributed by atoms with Crippen LogP contribution in [-0.2, 0) is 15.6 Å². The first-order chi connectivity index (χ1) is 12.3. The van der Waals surface area contributed by atoms with Gasteiger partial charge in [0.1, 0.15) is 11.0 Å². The van der Waals surface area contributed by atoms with Crippen molar-refractivity contribution in [2.24, 2.45) is 0 Å². The monoisotopic (exact) mass is 396 g/mol. The number of aromatic nitrogens is 4. The molecule has 0 amide bonds. The molecule has 1 atom stereocenters. The van der Waals surface area contributed by atoms with Crippen molar-refractivity contribution in [3.8, 4) is 11.4 Å². The molecule has 0 aliphatic carbocycles. The lowest BCUT2D eigenvalue weighted by atomic mass is 10.2. The van der Waals surface area contributed by atoms with Gasteiger partial charge in [-0.2, -0.15) is 9.97 Å². The molecule has 0 aliphatic rings. The second-order valence-corrected chi connectivity index (χ2v) is 8.87. The SMILES string of the molecule is CC(C)c1noc(C(C)S(=O)(=O)Cc2nc(-c3ccc(Cl)cc3)no2)n1. The van der Waals surface area contributed by atoms with Gasteiger partial charge in [-0.15, -0.1) is 0 Å². The number of hydrogen-bond donors (Lipinski definition) is 0. The van der Waals surface area contributed by atoms with E-state index in [0.29, 0.717) is 22.2 Å². The van der Waals surface area contributed by atoms with Crippen molar-refractivity contribution in [3.05, 3.63) is 46.9 Å². The van der Waals surface area contributed by atoms with Crippen LogP contribution in [0.1, 0.15) is 49.5 Å². The molecule has 26 heavy (non-hydrogen) atoms. The zero-order valence-corrected chi connectivity index (χ0v) is 16.0. The van der Waals surface area contributed by atoms with Gasteiger partial charge >= 0.3 is 0 Å². The van der Waals surface area contributed by atoms with E-state index in [1.165, 1.54) is 6.92 Å². The highest BCUT2D eigenvalue weighted by Crippen LogP contribution is 2.26. The molecule has 2 aromatic heterocycles. The summed E-state index contributed by atoms with van der Waals surface area (Å²) in [4.78, 5) is 8.28. The third-order valence-corrected chi connectivity index (χ3v) is 5.94. The van der Waals surface area contributed by atoms with Crippen LogP contribution in [0, 0.1) is 0 Å². The first-order valence-electron chi connectivity index (χ1n) is 7.90. The van der Waals surface area contributed by atoms with Crippen LogP contribution in [0.25, 0.3) is 11.4 Å². The van der Waals surface area contributed by atoms with Crippen molar-refractivity contribution in [1.29, 1.82) is 0 Å². The van der Waals surface area contributed by atoms with Crippen LogP contribution in [0.15, 0.2) is 33.3 Å². The fraction of sp³-hybridized carbons (Fsp3) is 0.375. The summed E-state index contributed by atoms with van der Waals surface area (Å²) < 4.78 is 35.3. The van der Waals surface area contributed by atoms with Gasteiger partial charge in [0.25, 0.3) is 0 Å². The summed E-state index contributed by atoms with van der Waals surface area (Å²) in [6.07, 6.45) is 0. The second-order valence-electron chi connectivity index (χ2n) is 6.11. The first kappa shape index (κ1) is 18.5. The Kier molecular flexibility index (Phi) is 5.10. The number of benzene rings is 1. The molecule has 0 fully saturated rings. The summed E-state index contributed by atoms with van der Waals surface area (Å²) in [5.41, 5.74) is 0.674. The smallest absolute Gasteiger partial charge is 0.244 e. The molecular weight excluding hydrogens is 380 g/mol. The number of rotatable bonds is 6. The minimum Gasteiger partial charge on any atom is -0.338 e. The molecule has 0 saturated carbocycles. The molecule has 0 saturated heterocycles. The van der Waals surface area contributed by atoms with E-state index in [1.54, 1.807) is 24.3 Å². The number of nitrogens with zero attached hydrogens (tertiary/aromatic N) is 4. The standard InChI is InChI=1S/C16H17ClN4O4S/c1-9(2)14-19-16(25-20-14)10(3)26(22,23)8-13-18-15(21-24-13)11-4-6-12(17)7-5-11/h4-7,9-10H,8H2,1-3H3. The summed E-state index contributed by atoms with van der Waals surface area (Å²) in [6, 6.07) is 6.82. The topological polar surface area (TPSA) is 112 Å². The van der Waals surface area contributed by atoms with Gasteiger partial charge in [0.05, 0.1) is 0 Å². The Morgan fingerprint density at radius 1 is 1.04 bits per heavy atom. The molecule has 3 aromatic rings. The van der Waals surface area contributed by atoms with Crippen molar-refractivity contribution < 1.29 is 17.5 Å². The van der Waals surface area contributed by atoms with E-state index in [0.717, 1.165) is 0 Å². The van der Waals surface area contributed by atoms with Crippen molar-refractivity contribution in [2.75, 3.05) is 0 Å². The average molecular weight is 397 g/mol. The molecule has 0 N–H and O–H groups in total. The lowest BCUT2D eigenvalue weighted by Crippen LogP contribution is -2.13. The van der Waals surface area contributed by atoms with Gasteiger partial charge < -0.3 is 9.05 Å². The lowest BCUT2D eigenvalue weighted by Gasteiger charge is -2.06. The molecule has 138 valence electrons. The Hall–Kier alpha value is -2.26. The molecule has 0 radical (unpaired) electrons. The maximum Gasteiger partial charge on any atom is 0.244 e. The number of hydrogen-bond acceptors (Lipinski definition) is 8. The Balaban J connectivity index is 1.77. The van der Waals surface area contributed by atoms with Gasteiger partial charge in [-0.05, 0) is 31.2 Å². The van der Waals surface area contributed by atoms with Crippen LogP contribution >= 0.6 is 11.6 Å². The van der Waals surface area contributed by atoms with Crippen molar-refractivity contribution >= 4 is 21.4 Å². The summed E-state index contributed by atoms with van der Waals surface area (Å²) in [5.74, 6) is 0.412.